The van der Waals surface area contributed by atoms with Crippen LogP contribution in [0.5, 0.6) is 5.75 Å². The molecular weight excluding hydrogens is 634 g/mol. The Hall–Kier alpha value is -3.19. The molecule has 0 spiro atoms. The Balaban J connectivity index is 0.00000113. The van der Waals surface area contributed by atoms with E-state index >= 15 is 0 Å². The van der Waals surface area contributed by atoms with Gasteiger partial charge in [-0.25, -0.2) is 0 Å². The molecule has 0 bridgehead atoms. The molecule has 4 N–H and O–H groups in total. The number of rotatable bonds is 17. The Morgan fingerprint density at radius 3 is 2.35 bits per heavy atom. The van der Waals surface area contributed by atoms with E-state index in [4.69, 9.17) is 19.0 Å². The number of primary amides is 1. The summed E-state index contributed by atoms with van der Waals surface area (Å²) in [5.74, 6) is 1.39. The average Bonchev–Trinajstić information content (AvgIpc) is 3.34. The second-order valence-corrected chi connectivity index (χ2v) is 13.6. The number of aliphatic hydroxyl groups excluding tert-OH is 1. The van der Waals surface area contributed by atoms with Crippen LogP contribution >= 0.6 is 12.6 Å². The maximum Gasteiger partial charge on any atom is 0.253 e. The molecule has 3 rings (SSSR count). The molecule has 4 unspecified atom stereocenters. The summed E-state index contributed by atoms with van der Waals surface area (Å²) in [5.41, 5.74) is 7.20. The van der Waals surface area contributed by atoms with E-state index in [1.54, 1.807) is 7.11 Å². The van der Waals surface area contributed by atoms with Gasteiger partial charge in [-0.05, 0) is 67.0 Å². The van der Waals surface area contributed by atoms with Gasteiger partial charge in [0.25, 0.3) is 11.8 Å². The second-order valence-electron chi connectivity index (χ2n) is 13.2. The van der Waals surface area contributed by atoms with Gasteiger partial charge in [0.05, 0.1) is 19.3 Å². The van der Waals surface area contributed by atoms with Gasteiger partial charge < -0.3 is 35.2 Å². The average molecular weight is 692 g/mol. The standard InChI is InChI=1S/C30H44N2O6S.C5H10O.CH3NO/c1-21-15-26(33)18-28(16-21)38-27-7-6-24(19-36-3)23(17-27)5-4-13-37-14-11-31-22(2)25(20-39)10-12-32-29(34)8-9-30(32)35;1-5(2,3)4-6;2-1-3/h6-9,17,21,25-26,28,31,33,39H,2,4-5,10-16,18-20H2,1,3H3;4H,1-3H3;1H,(H2,2,3). The van der Waals surface area contributed by atoms with Crippen molar-refractivity contribution in [3.8, 4) is 5.75 Å². The van der Waals surface area contributed by atoms with Crippen LogP contribution in [0.25, 0.3) is 0 Å². The first-order chi connectivity index (χ1) is 22.8. The number of aryl methyl sites for hydroxylation is 1. The van der Waals surface area contributed by atoms with Crippen molar-refractivity contribution in [2.24, 2.45) is 23.0 Å². The molecule has 1 heterocycles. The summed E-state index contributed by atoms with van der Waals surface area (Å²) in [7, 11) is 1.70. The Kier molecular flexibility index (Phi) is 20.7. The van der Waals surface area contributed by atoms with E-state index in [-0.39, 0.29) is 41.8 Å². The first-order valence-corrected chi connectivity index (χ1v) is 17.1. The number of nitrogens with one attached hydrogen (secondary N) is 1. The van der Waals surface area contributed by atoms with Gasteiger partial charge in [-0.1, -0.05) is 40.3 Å². The summed E-state index contributed by atoms with van der Waals surface area (Å²) in [6, 6.07) is 6.16. The van der Waals surface area contributed by atoms with Crippen molar-refractivity contribution < 1.29 is 38.5 Å². The van der Waals surface area contributed by atoms with Gasteiger partial charge in [0.15, 0.2) is 0 Å². The minimum atomic E-state index is -0.289. The van der Waals surface area contributed by atoms with Gasteiger partial charge in [-0.15, -0.1) is 0 Å². The maximum atomic E-state index is 11.7. The number of aldehydes is 1. The van der Waals surface area contributed by atoms with E-state index in [0.29, 0.717) is 57.4 Å². The molecule has 12 heteroatoms. The molecule has 1 aliphatic heterocycles. The van der Waals surface area contributed by atoms with Gasteiger partial charge in [-0.3, -0.25) is 19.3 Å². The van der Waals surface area contributed by atoms with Gasteiger partial charge in [0.2, 0.25) is 6.41 Å². The summed E-state index contributed by atoms with van der Waals surface area (Å²) in [6.45, 7) is 14.6. The molecule has 1 aromatic carbocycles. The molecular formula is C36H57N3O8S. The number of hydrogen-bond acceptors (Lipinski definition) is 10. The summed E-state index contributed by atoms with van der Waals surface area (Å²) < 4.78 is 17.5. The third-order valence-corrected chi connectivity index (χ3v) is 8.10. The Morgan fingerprint density at radius 1 is 1.15 bits per heavy atom. The van der Waals surface area contributed by atoms with Crippen molar-refractivity contribution >= 4 is 37.1 Å². The number of amides is 3. The molecule has 11 nitrogen and oxygen atoms in total. The number of nitrogens with two attached hydrogens (primary N) is 1. The predicted molar refractivity (Wildman–Crippen MR) is 190 cm³/mol. The molecule has 1 aliphatic carbocycles. The van der Waals surface area contributed by atoms with Crippen LogP contribution in [0.1, 0.15) is 70.9 Å². The largest absolute Gasteiger partial charge is 0.490 e. The van der Waals surface area contributed by atoms with Crippen LogP contribution in [0, 0.1) is 17.3 Å². The smallest absolute Gasteiger partial charge is 0.253 e. The predicted octanol–water partition coefficient (Wildman–Crippen LogP) is 4.01. The minimum Gasteiger partial charge on any atom is -0.490 e. The molecule has 4 atom stereocenters. The monoisotopic (exact) mass is 691 g/mol. The first-order valence-electron chi connectivity index (χ1n) is 16.5. The number of allylic oxidation sites excluding steroid dienone is 1. The third-order valence-electron chi connectivity index (χ3n) is 7.66. The highest BCUT2D eigenvalue weighted by Crippen LogP contribution is 2.29. The molecule has 0 aromatic heterocycles. The number of benzene rings is 1. The number of carbonyl (C=O) groups is 4. The fraction of sp³-hybridized carbons (Fsp3) is 0.611. The Bertz CT molecular complexity index is 1160. The molecule has 1 saturated carbocycles. The van der Waals surface area contributed by atoms with Crippen molar-refractivity contribution in [3.63, 3.8) is 0 Å². The Labute approximate surface area is 292 Å². The lowest BCUT2D eigenvalue weighted by molar-refractivity contribution is -0.137. The number of thiol groups is 1. The van der Waals surface area contributed by atoms with Crippen LogP contribution in [-0.4, -0.2) is 85.9 Å². The van der Waals surface area contributed by atoms with Crippen molar-refractivity contribution in [1.82, 2.24) is 10.2 Å². The molecule has 270 valence electrons. The van der Waals surface area contributed by atoms with E-state index in [1.165, 1.54) is 22.6 Å². The zero-order chi connectivity index (χ0) is 36.1. The quantitative estimate of drug-likeness (QED) is 0.0821. The molecule has 0 radical (unpaired) electrons. The van der Waals surface area contributed by atoms with Gasteiger partial charge in [0.1, 0.15) is 18.1 Å². The number of ether oxygens (including phenoxy) is 3. The van der Waals surface area contributed by atoms with E-state index in [1.807, 2.05) is 26.8 Å². The van der Waals surface area contributed by atoms with E-state index in [2.05, 4.69) is 49.3 Å². The van der Waals surface area contributed by atoms with Crippen molar-refractivity contribution in [2.75, 3.05) is 39.2 Å². The lowest BCUT2D eigenvalue weighted by atomic mass is 9.86. The number of imide groups is 1. The highest BCUT2D eigenvalue weighted by molar-refractivity contribution is 7.80. The van der Waals surface area contributed by atoms with Gasteiger partial charge in [-0.2, -0.15) is 12.6 Å². The van der Waals surface area contributed by atoms with Crippen LogP contribution in [0.15, 0.2) is 42.6 Å². The van der Waals surface area contributed by atoms with E-state index in [0.717, 1.165) is 49.0 Å². The molecule has 2 aliphatic rings. The molecule has 0 saturated heterocycles. The fourth-order valence-electron chi connectivity index (χ4n) is 5.21. The second kappa shape index (κ2) is 23.2. The zero-order valence-corrected chi connectivity index (χ0v) is 30.2. The zero-order valence-electron chi connectivity index (χ0n) is 29.3. The highest BCUT2D eigenvalue weighted by atomic mass is 32.1. The lowest BCUT2D eigenvalue weighted by Gasteiger charge is -2.31. The van der Waals surface area contributed by atoms with Crippen LogP contribution < -0.4 is 15.8 Å². The number of nitrogens with zero attached hydrogens (tertiary/aromatic N) is 1. The fourth-order valence-corrected chi connectivity index (χ4v) is 5.61. The number of methoxy groups -OCH3 is 1. The summed E-state index contributed by atoms with van der Waals surface area (Å²) in [4.78, 5) is 43.1. The highest BCUT2D eigenvalue weighted by Gasteiger charge is 2.27. The Morgan fingerprint density at radius 2 is 1.79 bits per heavy atom. The van der Waals surface area contributed by atoms with E-state index in [9.17, 15) is 19.5 Å². The number of hydrogen-bond donors (Lipinski definition) is 4. The van der Waals surface area contributed by atoms with Crippen molar-refractivity contribution in [2.45, 2.75) is 85.0 Å². The molecule has 3 amide bonds. The van der Waals surface area contributed by atoms with Gasteiger partial charge in [0, 0.05) is 62.4 Å². The SMILES string of the molecule is C=C(NCCOCCCc1cc(OC2CC(C)CC(O)C2)ccc1COC)C(CS)CCN1C(=O)C=CC1=O.CC(C)(C)C=O.NC=O. The van der Waals surface area contributed by atoms with E-state index < -0.39 is 0 Å². The number of carbonyl (C=O) groups excluding carboxylic acids is 4. The van der Waals surface area contributed by atoms with Crippen LogP contribution in [0.2, 0.25) is 0 Å². The van der Waals surface area contributed by atoms with Crippen molar-refractivity contribution in [1.29, 1.82) is 0 Å². The summed E-state index contributed by atoms with van der Waals surface area (Å²) in [5, 5.41) is 13.4. The molecule has 1 fully saturated rings. The summed E-state index contributed by atoms with van der Waals surface area (Å²) in [6.07, 6.45) is 8.36. The topological polar surface area (TPSA) is 157 Å². The van der Waals surface area contributed by atoms with Crippen LogP contribution in [0.3, 0.4) is 0 Å². The molecule has 48 heavy (non-hydrogen) atoms. The third kappa shape index (κ3) is 17.3. The van der Waals surface area contributed by atoms with Gasteiger partial charge >= 0.3 is 0 Å². The van der Waals surface area contributed by atoms with Crippen LogP contribution in [-0.2, 0) is 41.7 Å². The minimum absolute atomic E-state index is 0.0415. The van der Waals surface area contributed by atoms with Crippen LogP contribution in [0.4, 0.5) is 0 Å². The van der Waals surface area contributed by atoms with Crippen molar-refractivity contribution in [3.05, 3.63) is 53.8 Å². The summed E-state index contributed by atoms with van der Waals surface area (Å²) >= 11 is 4.41. The first kappa shape index (κ1) is 42.8. The lowest BCUT2D eigenvalue weighted by Crippen LogP contribution is -2.33. The normalized spacial score (nSPS) is 19.4. The maximum absolute atomic E-state index is 11.7. The molecule has 1 aromatic rings. The number of aliphatic hydroxyl groups is 1.